The number of benzene rings is 2. The van der Waals surface area contributed by atoms with Crippen molar-refractivity contribution in [2.75, 3.05) is 12.4 Å². The van der Waals surface area contributed by atoms with Crippen LogP contribution in [0.2, 0.25) is 10.0 Å². The van der Waals surface area contributed by atoms with E-state index in [4.69, 9.17) is 27.9 Å². The Morgan fingerprint density at radius 3 is 2.80 bits per heavy atom. The number of aliphatic hydroxyl groups is 1. The summed E-state index contributed by atoms with van der Waals surface area (Å²) in [6.07, 6.45) is 0.00866. The molecule has 0 spiro atoms. The van der Waals surface area contributed by atoms with Crippen LogP contribution >= 0.6 is 23.2 Å². The first kappa shape index (κ1) is 16.3. The number of hydrogen-bond donors (Lipinski definition) is 2. The van der Waals surface area contributed by atoms with Gasteiger partial charge in [-0.15, -0.1) is 0 Å². The number of anilines is 1. The zero-order valence-electron chi connectivity index (χ0n) is 13.1. The Kier molecular flexibility index (Phi) is 3.72. The third-order valence-corrected chi connectivity index (χ3v) is 5.15. The van der Waals surface area contributed by atoms with E-state index in [0.717, 1.165) is 5.56 Å². The summed E-state index contributed by atoms with van der Waals surface area (Å²) in [5.74, 6) is 0.0884. The molecule has 2 aromatic rings. The molecule has 1 amide bonds. The first-order chi connectivity index (χ1) is 11.9. The lowest BCUT2D eigenvalue weighted by Gasteiger charge is -2.24. The molecular formula is C17H13Cl2N3O3. The first-order valence-corrected chi connectivity index (χ1v) is 8.30. The lowest BCUT2D eigenvalue weighted by Crippen LogP contribution is -2.35. The lowest BCUT2D eigenvalue weighted by molar-refractivity contribution is -0.134. The van der Waals surface area contributed by atoms with Crippen LogP contribution in [0.4, 0.5) is 11.4 Å². The van der Waals surface area contributed by atoms with Gasteiger partial charge < -0.3 is 15.2 Å². The van der Waals surface area contributed by atoms with Crippen molar-refractivity contribution in [3.8, 4) is 5.75 Å². The van der Waals surface area contributed by atoms with E-state index in [2.05, 4.69) is 15.5 Å². The minimum atomic E-state index is -1.83. The number of methoxy groups -OCH3 is 1. The van der Waals surface area contributed by atoms with Crippen molar-refractivity contribution in [1.82, 2.24) is 0 Å². The molecule has 0 aromatic heterocycles. The highest BCUT2D eigenvalue weighted by molar-refractivity contribution is 6.38. The maximum Gasteiger partial charge on any atom is 0.261 e. The van der Waals surface area contributed by atoms with E-state index >= 15 is 0 Å². The van der Waals surface area contributed by atoms with Gasteiger partial charge in [-0.1, -0.05) is 29.3 Å². The summed E-state index contributed by atoms with van der Waals surface area (Å²) < 4.78 is 5.17. The van der Waals surface area contributed by atoms with Gasteiger partial charge in [-0.05, 0) is 18.2 Å². The van der Waals surface area contributed by atoms with Crippen molar-refractivity contribution in [3.05, 3.63) is 51.5 Å². The molecule has 2 aliphatic heterocycles. The van der Waals surface area contributed by atoms with Gasteiger partial charge in [-0.3, -0.25) is 4.79 Å². The zero-order valence-corrected chi connectivity index (χ0v) is 14.6. The summed E-state index contributed by atoms with van der Waals surface area (Å²) in [6, 6.07) is 8.04. The Morgan fingerprint density at radius 1 is 1.28 bits per heavy atom. The smallest absolute Gasteiger partial charge is 0.261 e. The minimum Gasteiger partial charge on any atom is -0.497 e. The molecule has 0 fully saturated rings. The van der Waals surface area contributed by atoms with E-state index in [9.17, 15) is 9.90 Å². The summed E-state index contributed by atoms with van der Waals surface area (Å²) in [6.45, 7) is 0. The fourth-order valence-electron chi connectivity index (χ4n) is 3.25. The number of rotatable bonds is 3. The highest BCUT2D eigenvalue weighted by atomic mass is 35.5. The summed E-state index contributed by atoms with van der Waals surface area (Å²) in [5.41, 5.74) is 0.260. The van der Waals surface area contributed by atoms with Crippen LogP contribution in [-0.4, -0.2) is 18.1 Å². The molecule has 0 aliphatic carbocycles. The number of nitrogens with zero attached hydrogens (tertiary/aromatic N) is 2. The molecule has 2 aliphatic rings. The molecule has 2 heterocycles. The molecule has 2 unspecified atom stereocenters. The van der Waals surface area contributed by atoms with Gasteiger partial charge in [0.05, 0.1) is 23.5 Å². The van der Waals surface area contributed by atoms with Crippen molar-refractivity contribution in [2.24, 2.45) is 10.2 Å². The Bertz CT molecular complexity index is 932. The summed E-state index contributed by atoms with van der Waals surface area (Å²) >= 11 is 12.4. The molecule has 6 nitrogen and oxygen atoms in total. The molecule has 0 saturated heterocycles. The van der Waals surface area contributed by atoms with Gasteiger partial charge in [-0.2, -0.15) is 10.2 Å². The Morgan fingerprint density at radius 2 is 2.04 bits per heavy atom. The molecule has 2 atom stereocenters. The van der Waals surface area contributed by atoms with E-state index < -0.39 is 17.6 Å². The Balaban J connectivity index is 1.73. The van der Waals surface area contributed by atoms with Crippen LogP contribution in [0.1, 0.15) is 23.6 Å². The SMILES string of the molecule is COc1ccc2c(c1)N=NC2CC1(O)C(=O)Nc2c(Cl)ccc(Cl)c21. The third-order valence-electron chi connectivity index (χ3n) is 4.52. The van der Waals surface area contributed by atoms with Crippen molar-refractivity contribution >= 4 is 40.5 Å². The largest absolute Gasteiger partial charge is 0.497 e. The average molecular weight is 378 g/mol. The van der Waals surface area contributed by atoms with Gasteiger partial charge in [0.25, 0.3) is 5.91 Å². The van der Waals surface area contributed by atoms with E-state index in [1.54, 1.807) is 31.4 Å². The average Bonchev–Trinajstić information content (AvgIpc) is 3.11. The highest BCUT2D eigenvalue weighted by Crippen LogP contribution is 2.50. The second-order valence-corrected chi connectivity index (χ2v) is 6.77. The predicted molar refractivity (Wildman–Crippen MR) is 93.9 cm³/mol. The number of halogens is 2. The van der Waals surface area contributed by atoms with Crippen LogP contribution in [0.3, 0.4) is 0 Å². The lowest BCUT2D eigenvalue weighted by atomic mass is 9.86. The Labute approximate surface area is 153 Å². The molecule has 25 heavy (non-hydrogen) atoms. The Hall–Kier alpha value is -2.15. The molecular weight excluding hydrogens is 365 g/mol. The predicted octanol–water partition coefficient (Wildman–Crippen LogP) is 4.37. The van der Waals surface area contributed by atoms with Crippen LogP contribution in [0, 0.1) is 0 Å². The van der Waals surface area contributed by atoms with E-state index in [0.29, 0.717) is 22.1 Å². The fourth-order valence-corrected chi connectivity index (χ4v) is 3.77. The van der Waals surface area contributed by atoms with Crippen LogP contribution < -0.4 is 10.1 Å². The normalized spacial score (nSPS) is 23.4. The molecule has 0 saturated carbocycles. The molecule has 128 valence electrons. The zero-order chi connectivity index (χ0) is 17.8. The quantitative estimate of drug-likeness (QED) is 0.832. The van der Waals surface area contributed by atoms with Gasteiger partial charge in [-0.25, -0.2) is 0 Å². The molecule has 2 aromatic carbocycles. The number of azo groups is 1. The topological polar surface area (TPSA) is 83.3 Å². The number of carbonyl (C=O) groups excluding carboxylic acids is 1. The van der Waals surface area contributed by atoms with Gasteiger partial charge in [0, 0.05) is 28.6 Å². The van der Waals surface area contributed by atoms with Crippen molar-refractivity contribution in [1.29, 1.82) is 0 Å². The molecule has 0 radical (unpaired) electrons. The maximum atomic E-state index is 12.5. The monoisotopic (exact) mass is 377 g/mol. The van der Waals surface area contributed by atoms with Crippen molar-refractivity contribution in [2.45, 2.75) is 18.1 Å². The van der Waals surface area contributed by atoms with Crippen molar-refractivity contribution in [3.63, 3.8) is 0 Å². The van der Waals surface area contributed by atoms with Crippen LogP contribution in [0.5, 0.6) is 5.75 Å². The highest BCUT2D eigenvalue weighted by Gasteiger charge is 2.50. The number of hydrogen-bond acceptors (Lipinski definition) is 5. The third kappa shape index (κ3) is 2.40. The number of nitrogens with one attached hydrogen (secondary N) is 1. The van der Waals surface area contributed by atoms with Crippen LogP contribution in [-0.2, 0) is 10.4 Å². The maximum absolute atomic E-state index is 12.5. The van der Waals surface area contributed by atoms with Crippen molar-refractivity contribution < 1.29 is 14.6 Å². The van der Waals surface area contributed by atoms with Gasteiger partial charge in [0.1, 0.15) is 11.8 Å². The molecule has 0 bridgehead atoms. The number of carbonyl (C=O) groups is 1. The van der Waals surface area contributed by atoms with Crippen LogP contribution in [0.25, 0.3) is 0 Å². The second-order valence-electron chi connectivity index (χ2n) is 5.95. The number of fused-ring (bicyclic) bond motifs is 2. The molecule has 4 rings (SSSR count). The molecule has 8 heteroatoms. The van der Waals surface area contributed by atoms with Gasteiger partial charge in [0.2, 0.25) is 0 Å². The van der Waals surface area contributed by atoms with Crippen LogP contribution in [0.15, 0.2) is 40.6 Å². The second kappa shape index (κ2) is 5.69. The minimum absolute atomic E-state index is 0.00866. The summed E-state index contributed by atoms with van der Waals surface area (Å²) in [7, 11) is 1.57. The van der Waals surface area contributed by atoms with Gasteiger partial charge in [0.15, 0.2) is 5.60 Å². The standard InChI is InChI=1S/C17H13Cl2N3O3/c1-25-8-2-3-9-12(6-8)21-22-13(9)7-17(24)14-10(18)4-5-11(19)15(14)20-16(17)23/h2-6,13,24H,7H2,1H3,(H,20,23). The summed E-state index contributed by atoms with van der Waals surface area (Å²) in [5, 5.41) is 22.7. The summed E-state index contributed by atoms with van der Waals surface area (Å²) in [4.78, 5) is 12.5. The number of ether oxygens (including phenoxy) is 1. The van der Waals surface area contributed by atoms with E-state index in [1.165, 1.54) is 0 Å². The van der Waals surface area contributed by atoms with E-state index in [-0.39, 0.29) is 17.0 Å². The van der Waals surface area contributed by atoms with E-state index in [1.807, 2.05) is 6.07 Å². The molecule has 2 N–H and O–H groups in total. The number of amides is 1. The fraction of sp³-hybridized carbons (Fsp3) is 0.235. The van der Waals surface area contributed by atoms with Gasteiger partial charge >= 0.3 is 0 Å². The first-order valence-electron chi connectivity index (χ1n) is 7.55.